The summed E-state index contributed by atoms with van der Waals surface area (Å²) in [6, 6.07) is 14.7. The number of nitrogens with zero attached hydrogens (tertiary/aromatic N) is 2. The Hall–Kier alpha value is -2.95. The molecule has 1 amide bonds. The third-order valence-corrected chi connectivity index (χ3v) is 5.02. The fraction of sp³-hybridized carbons (Fsp3) is 0.227. The van der Waals surface area contributed by atoms with Crippen LogP contribution in [0.25, 0.3) is 0 Å². The van der Waals surface area contributed by atoms with Gasteiger partial charge in [-0.05, 0) is 43.2 Å². The molecule has 0 spiro atoms. The monoisotopic (exact) mass is 366 g/mol. The van der Waals surface area contributed by atoms with Crippen LogP contribution in [0.5, 0.6) is 0 Å². The van der Waals surface area contributed by atoms with E-state index in [1.54, 1.807) is 4.90 Å². The maximum atomic E-state index is 13.7. The normalized spacial score (nSPS) is 16.7. The van der Waals surface area contributed by atoms with Crippen molar-refractivity contribution in [1.82, 2.24) is 9.47 Å². The zero-order valence-electron chi connectivity index (χ0n) is 15.0. The summed E-state index contributed by atoms with van der Waals surface area (Å²) in [5, 5.41) is 0. The molecule has 2 heterocycles. The van der Waals surface area contributed by atoms with E-state index in [0.717, 1.165) is 48.0 Å². The van der Waals surface area contributed by atoms with E-state index in [-0.39, 0.29) is 17.5 Å². The number of amides is 1. The lowest BCUT2D eigenvalue weighted by atomic mass is 9.99. The minimum Gasteiger partial charge on any atom is -0.349 e. The SMILES string of the molecule is Cc1ccc(C2c3cccn3CCCN2C(=O)c2cc(F)cc(F)c2)cc1. The fourth-order valence-electron chi connectivity index (χ4n) is 3.74. The zero-order valence-corrected chi connectivity index (χ0v) is 15.0. The molecule has 0 radical (unpaired) electrons. The Morgan fingerprint density at radius 1 is 1.00 bits per heavy atom. The molecule has 0 fully saturated rings. The lowest BCUT2D eigenvalue weighted by Gasteiger charge is -2.31. The van der Waals surface area contributed by atoms with Crippen LogP contribution in [0.3, 0.4) is 0 Å². The molecule has 1 aliphatic heterocycles. The van der Waals surface area contributed by atoms with Crippen LogP contribution in [0.4, 0.5) is 8.78 Å². The van der Waals surface area contributed by atoms with Crippen LogP contribution in [0.15, 0.2) is 60.8 Å². The standard InChI is InChI=1S/C22H20F2N2O/c1-15-5-7-16(8-6-15)21-20-4-2-9-25(20)10-3-11-26(21)22(27)17-12-18(23)14-19(24)13-17/h2,4-9,12-14,21H,3,10-11H2,1H3. The molecule has 1 aromatic heterocycles. The fourth-order valence-corrected chi connectivity index (χ4v) is 3.74. The van der Waals surface area contributed by atoms with Crippen LogP contribution in [0.2, 0.25) is 0 Å². The molecule has 5 heteroatoms. The van der Waals surface area contributed by atoms with Gasteiger partial charge in [-0.15, -0.1) is 0 Å². The molecule has 0 aliphatic carbocycles. The summed E-state index contributed by atoms with van der Waals surface area (Å²) in [4.78, 5) is 14.9. The van der Waals surface area contributed by atoms with Crippen LogP contribution in [0.1, 0.15) is 39.6 Å². The molecular formula is C22H20F2N2O. The quantitative estimate of drug-likeness (QED) is 0.645. The molecule has 3 aromatic rings. The summed E-state index contributed by atoms with van der Waals surface area (Å²) in [5.41, 5.74) is 3.15. The number of benzene rings is 2. The molecule has 138 valence electrons. The van der Waals surface area contributed by atoms with E-state index in [0.29, 0.717) is 6.54 Å². The van der Waals surface area contributed by atoms with Crippen molar-refractivity contribution in [2.45, 2.75) is 25.9 Å². The second-order valence-corrected chi connectivity index (χ2v) is 6.95. The van der Waals surface area contributed by atoms with E-state index < -0.39 is 11.6 Å². The Morgan fingerprint density at radius 2 is 1.70 bits per heavy atom. The Morgan fingerprint density at radius 3 is 2.41 bits per heavy atom. The minimum absolute atomic E-state index is 0.0321. The second-order valence-electron chi connectivity index (χ2n) is 6.95. The Bertz CT molecular complexity index is 958. The molecular weight excluding hydrogens is 346 g/mol. The number of aryl methyl sites for hydroxylation is 2. The van der Waals surface area contributed by atoms with Gasteiger partial charge in [0.05, 0.1) is 6.04 Å². The number of aromatic nitrogens is 1. The van der Waals surface area contributed by atoms with Gasteiger partial charge in [0.2, 0.25) is 0 Å². The molecule has 0 saturated carbocycles. The van der Waals surface area contributed by atoms with Crippen LogP contribution < -0.4 is 0 Å². The van der Waals surface area contributed by atoms with Crippen molar-refractivity contribution in [3.63, 3.8) is 0 Å². The molecule has 1 unspecified atom stereocenters. The van der Waals surface area contributed by atoms with Gasteiger partial charge in [0.15, 0.2) is 0 Å². The van der Waals surface area contributed by atoms with Crippen molar-refractivity contribution in [1.29, 1.82) is 0 Å². The van der Waals surface area contributed by atoms with Gasteiger partial charge >= 0.3 is 0 Å². The molecule has 0 saturated heterocycles. The molecule has 0 bridgehead atoms. The van der Waals surface area contributed by atoms with Gasteiger partial charge in [0, 0.05) is 36.6 Å². The van der Waals surface area contributed by atoms with E-state index in [2.05, 4.69) is 4.57 Å². The van der Waals surface area contributed by atoms with Gasteiger partial charge in [-0.2, -0.15) is 0 Å². The topological polar surface area (TPSA) is 25.2 Å². The highest BCUT2D eigenvalue weighted by molar-refractivity contribution is 5.94. The van der Waals surface area contributed by atoms with Crippen LogP contribution in [-0.2, 0) is 6.54 Å². The van der Waals surface area contributed by atoms with Gasteiger partial charge in [-0.25, -0.2) is 8.78 Å². The average Bonchev–Trinajstić information content (AvgIpc) is 3.01. The summed E-state index contributed by atoms with van der Waals surface area (Å²) >= 11 is 0. The summed E-state index contributed by atoms with van der Waals surface area (Å²) in [5.74, 6) is -1.86. The summed E-state index contributed by atoms with van der Waals surface area (Å²) in [7, 11) is 0. The van der Waals surface area contributed by atoms with Gasteiger partial charge in [-0.1, -0.05) is 29.8 Å². The highest BCUT2D eigenvalue weighted by atomic mass is 19.1. The molecule has 4 rings (SSSR count). The van der Waals surface area contributed by atoms with Crippen molar-refractivity contribution in [3.8, 4) is 0 Å². The van der Waals surface area contributed by atoms with Crippen molar-refractivity contribution < 1.29 is 13.6 Å². The number of fused-ring (bicyclic) bond motifs is 1. The van der Waals surface area contributed by atoms with Crippen molar-refractivity contribution >= 4 is 5.91 Å². The Labute approximate surface area is 156 Å². The first kappa shape index (κ1) is 17.5. The van der Waals surface area contributed by atoms with Crippen LogP contribution in [-0.4, -0.2) is 21.9 Å². The van der Waals surface area contributed by atoms with E-state index in [4.69, 9.17) is 0 Å². The predicted octanol–water partition coefficient (Wildman–Crippen LogP) is 4.71. The van der Waals surface area contributed by atoms with Gasteiger partial charge in [0.1, 0.15) is 11.6 Å². The van der Waals surface area contributed by atoms with E-state index in [9.17, 15) is 13.6 Å². The van der Waals surface area contributed by atoms with Gasteiger partial charge in [0.25, 0.3) is 5.91 Å². The van der Waals surface area contributed by atoms with E-state index in [1.807, 2.05) is 49.5 Å². The maximum Gasteiger partial charge on any atom is 0.254 e. The molecule has 0 N–H and O–H groups in total. The lowest BCUT2D eigenvalue weighted by Crippen LogP contribution is -2.36. The smallest absolute Gasteiger partial charge is 0.254 e. The number of rotatable bonds is 2. The van der Waals surface area contributed by atoms with Gasteiger partial charge < -0.3 is 9.47 Å². The van der Waals surface area contributed by atoms with Crippen LogP contribution >= 0.6 is 0 Å². The third kappa shape index (κ3) is 3.37. The van der Waals surface area contributed by atoms with Crippen molar-refractivity contribution in [2.24, 2.45) is 0 Å². The lowest BCUT2D eigenvalue weighted by molar-refractivity contribution is 0.0708. The first-order valence-electron chi connectivity index (χ1n) is 9.01. The van der Waals surface area contributed by atoms with Crippen molar-refractivity contribution in [3.05, 3.63) is 94.8 Å². The Balaban J connectivity index is 1.81. The number of carbonyl (C=O) groups excluding carboxylic acids is 1. The molecule has 3 nitrogen and oxygen atoms in total. The predicted molar refractivity (Wildman–Crippen MR) is 99.5 cm³/mol. The minimum atomic E-state index is -0.747. The highest BCUT2D eigenvalue weighted by Gasteiger charge is 2.31. The van der Waals surface area contributed by atoms with E-state index in [1.165, 1.54) is 0 Å². The maximum absolute atomic E-state index is 13.7. The second kappa shape index (κ2) is 6.99. The summed E-state index contributed by atoms with van der Waals surface area (Å²) in [6.07, 6.45) is 2.78. The number of hydrogen-bond acceptors (Lipinski definition) is 1. The highest BCUT2D eigenvalue weighted by Crippen LogP contribution is 2.33. The zero-order chi connectivity index (χ0) is 19.0. The third-order valence-electron chi connectivity index (χ3n) is 5.02. The summed E-state index contributed by atoms with van der Waals surface area (Å²) in [6.45, 7) is 3.32. The van der Waals surface area contributed by atoms with E-state index >= 15 is 0 Å². The molecule has 2 aromatic carbocycles. The largest absolute Gasteiger partial charge is 0.349 e. The van der Waals surface area contributed by atoms with Crippen LogP contribution in [0, 0.1) is 18.6 Å². The first-order valence-corrected chi connectivity index (χ1v) is 9.01. The van der Waals surface area contributed by atoms with Crippen molar-refractivity contribution in [2.75, 3.05) is 6.54 Å². The first-order chi connectivity index (χ1) is 13.0. The average molecular weight is 366 g/mol. The molecule has 27 heavy (non-hydrogen) atoms. The number of halogens is 2. The number of hydrogen-bond donors (Lipinski definition) is 0. The molecule has 1 aliphatic rings. The Kier molecular flexibility index (Phi) is 4.52. The molecule has 1 atom stereocenters. The van der Waals surface area contributed by atoms with Gasteiger partial charge in [-0.3, -0.25) is 4.79 Å². The summed E-state index contributed by atoms with van der Waals surface area (Å²) < 4.78 is 29.5. The number of carbonyl (C=O) groups is 1.